The van der Waals surface area contributed by atoms with Crippen LogP contribution in [0, 0.1) is 0 Å². The topological polar surface area (TPSA) is 35.9 Å². The third kappa shape index (κ3) is 5.40. The Balaban J connectivity index is 1.81. The number of halogens is 2. The third-order valence-electron chi connectivity index (χ3n) is 3.58. The van der Waals surface area contributed by atoms with Gasteiger partial charge in [0.15, 0.2) is 0 Å². The number of aliphatic hydroxyl groups is 1. The van der Waals surface area contributed by atoms with E-state index in [1.54, 1.807) is 0 Å². The minimum Gasteiger partial charge on any atom is -0.390 e. The van der Waals surface area contributed by atoms with Gasteiger partial charge in [0.05, 0.1) is 19.3 Å². The number of ether oxygens (including phenoxy) is 1. The zero-order chi connectivity index (χ0) is 15.2. The highest BCUT2D eigenvalue weighted by Gasteiger charge is 2.17. The standard InChI is InChI=1S/C15H22Cl2N2O2/c1-18(11-13-14(16)3-2-4-15(13)17)9-12(20)10-19-5-7-21-8-6-19/h2-4,12,20H,5-11H2,1H3. The highest BCUT2D eigenvalue weighted by Crippen LogP contribution is 2.25. The highest BCUT2D eigenvalue weighted by atomic mass is 35.5. The summed E-state index contributed by atoms with van der Waals surface area (Å²) in [4.78, 5) is 4.27. The van der Waals surface area contributed by atoms with Gasteiger partial charge >= 0.3 is 0 Å². The van der Waals surface area contributed by atoms with E-state index in [0.29, 0.717) is 29.7 Å². The number of benzene rings is 1. The monoisotopic (exact) mass is 332 g/mol. The molecule has 1 heterocycles. The number of hydrogen-bond donors (Lipinski definition) is 1. The minimum absolute atomic E-state index is 0.394. The zero-order valence-electron chi connectivity index (χ0n) is 12.3. The quantitative estimate of drug-likeness (QED) is 0.865. The first kappa shape index (κ1) is 17.0. The molecule has 1 fully saturated rings. The van der Waals surface area contributed by atoms with Gasteiger partial charge in [0.1, 0.15) is 0 Å². The van der Waals surface area contributed by atoms with E-state index in [0.717, 1.165) is 31.9 Å². The van der Waals surface area contributed by atoms with E-state index >= 15 is 0 Å². The fourth-order valence-electron chi connectivity index (χ4n) is 2.52. The molecule has 4 nitrogen and oxygen atoms in total. The molecular formula is C15H22Cl2N2O2. The first-order valence-corrected chi connectivity index (χ1v) is 7.91. The van der Waals surface area contributed by atoms with Crippen LogP contribution in [-0.4, -0.2) is 67.5 Å². The number of aliphatic hydroxyl groups excluding tert-OH is 1. The third-order valence-corrected chi connectivity index (χ3v) is 4.29. The largest absolute Gasteiger partial charge is 0.390 e. The number of hydrogen-bond acceptors (Lipinski definition) is 4. The molecule has 1 aliphatic heterocycles. The minimum atomic E-state index is -0.394. The Bertz CT molecular complexity index is 433. The predicted octanol–water partition coefficient (Wildman–Crippen LogP) is 2.12. The van der Waals surface area contributed by atoms with Crippen LogP contribution in [0.3, 0.4) is 0 Å². The van der Waals surface area contributed by atoms with Crippen LogP contribution in [-0.2, 0) is 11.3 Å². The van der Waals surface area contributed by atoms with Crippen molar-refractivity contribution in [1.82, 2.24) is 9.80 Å². The molecule has 118 valence electrons. The summed E-state index contributed by atoms with van der Waals surface area (Å²) < 4.78 is 5.30. The van der Waals surface area contributed by atoms with Gasteiger partial charge in [0, 0.05) is 48.3 Å². The van der Waals surface area contributed by atoms with Crippen molar-refractivity contribution < 1.29 is 9.84 Å². The van der Waals surface area contributed by atoms with Crippen LogP contribution < -0.4 is 0 Å². The molecule has 6 heteroatoms. The molecule has 2 rings (SSSR count). The zero-order valence-corrected chi connectivity index (χ0v) is 13.8. The maximum Gasteiger partial charge on any atom is 0.0793 e. The van der Waals surface area contributed by atoms with Crippen LogP contribution in [0.2, 0.25) is 10.0 Å². The fourth-order valence-corrected chi connectivity index (χ4v) is 3.03. The molecule has 0 aliphatic carbocycles. The normalized spacial score (nSPS) is 18.1. The Morgan fingerprint density at radius 3 is 2.52 bits per heavy atom. The lowest BCUT2D eigenvalue weighted by Crippen LogP contribution is -2.44. The van der Waals surface area contributed by atoms with E-state index in [2.05, 4.69) is 4.90 Å². The van der Waals surface area contributed by atoms with Gasteiger partial charge in [-0.25, -0.2) is 0 Å². The summed E-state index contributed by atoms with van der Waals surface area (Å²) in [6.07, 6.45) is -0.394. The molecule has 1 aromatic carbocycles. The lowest BCUT2D eigenvalue weighted by molar-refractivity contribution is 0.00825. The number of β-amino-alcohol motifs (C(OH)–C–C–N with tert-alkyl or cyclic N) is 1. The SMILES string of the molecule is CN(Cc1c(Cl)cccc1Cl)CC(O)CN1CCOCC1. The summed E-state index contributed by atoms with van der Waals surface area (Å²) in [6, 6.07) is 5.50. The molecule has 21 heavy (non-hydrogen) atoms. The second kappa shape index (κ2) is 8.32. The molecular weight excluding hydrogens is 311 g/mol. The van der Waals surface area contributed by atoms with Gasteiger partial charge in [-0.1, -0.05) is 29.3 Å². The average Bonchev–Trinajstić information content (AvgIpc) is 2.44. The number of morpholine rings is 1. The van der Waals surface area contributed by atoms with E-state index in [4.69, 9.17) is 27.9 Å². The maximum absolute atomic E-state index is 10.2. The van der Waals surface area contributed by atoms with Crippen LogP contribution in [0.25, 0.3) is 0 Å². The molecule has 0 amide bonds. The Morgan fingerprint density at radius 1 is 1.29 bits per heavy atom. The summed E-state index contributed by atoms with van der Waals surface area (Å²) in [6.45, 7) is 5.14. The molecule has 0 saturated carbocycles. The summed E-state index contributed by atoms with van der Waals surface area (Å²) in [5.41, 5.74) is 0.905. The molecule has 0 radical (unpaired) electrons. The van der Waals surface area contributed by atoms with Crippen molar-refractivity contribution in [2.24, 2.45) is 0 Å². The lowest BCUT2D eigenvalue weighted by Gasteiger charge is -2.30. The smallest absolute Gasteiger partial charge is 0.0793 e. The van der Waals surface area contributed by atoms with Crippen molar-refractivity contribution >= 4 is 23.2 Å². The van der Waals surface area contributed by atoms with Gasteiger partial charge in [-0.3, -0.25) is 9.80 Å². The predicted molar refractivity (Wildman–Crippen MR) is 86.1 cm³/mol. The van der Waals surface area contributed by atoms with Crippen molar-refractivity contribution in [3.8, 4) is 0 Å². The Kier molecular flexibility index (Phi) is 6.74. The van der Waals surface area contributed by atoms with E-state index in [1.165, 1.54) is 0 Å². The van der Waals surface area contributed by atoms with Crippen LogP contribution in [0.5, 0.6) is 0 Å². The number of likely N-dealkylation sites (N-methyl/N-ethyl adjacent to an activating group) is 1. The van der Waals surface area contributed by atoms with Crippen molar-refractivity contribution in [3.05, 3.63) is 33.8 Å². The Labute approximate surface area is 136 Å². The van der Waals surface area contributed by atoms with E-state index < -0.39 is 6.10 Å². The summed E-state index contributed by atoms with van der Waals surface area (Å²) in [5.74, 6) is 0. The van der Waals surface area contributed by atoms with Gasteiger partial charge in [0.2, 0.25) is 0 Å². The molecule has 1 N–H and O–H groups in total. The van der Waals surface area contributed by atoms with Gasteiger partial charge < -0.3 is 9.84 Å². The molecule has 0 aromatic heterocycles. The maximum atomic E-state index is 10.2. The van der Waals surface area contributed by atoms with Gasteiger partial charge in [-0.2, -0.15) is 0 Å². The van der Waals surface area contributed by atoms with Crippen molar-refractivity contribution in [1.29, 1.82) is 0 Å². The highest BCUT2D eigenvalue weighted by molar-refractivity contribution is 6.35. The average molecular weight is 333 g/mol. The molecule has 1 aromatic rings. The van der Waals surface area contributed by atoms with Crippen molar-refractivity contribution in [2.75, 3.05) is 46.4 Å². The van der Waals surface area contributed by atoms with E-state index in [9.17, 15) is 5.11 Å². The molecule has 0 spiro atoms. The van der Waals surface area contributed by atoms with Crippen LogP contribution in [0.4, 0.5) is 0 Å². The van der Waals surface area contributed by atoms with Crippen molar-refractivity contribution in [3.63, 3.8) is 0 Å². The first-order valence-electron chi connectivity index (χ1n) is 7.16. The van der Waals surface area contributed by atoms with Crippen molar-refractivity contribution in [2.45, 2.75) is 12.6 Å². The van der Waals surface area contributed by atoms with E-state index in [1.807, 2.05) is 30.1 Å². The molecule has 1 saturated heterocycles. The van der Waals surface area contributed by atoms with Crippen LogP contribution in [0.15, 0.2) is 18.2 Å². The Hall–Kier alpha value is -0.360. The fraction of sp³-hybridized carbons (Fsp3) is 0.600. The van der Waals surface area contributed by atoms with Crippen LogP contribution >= 0.6 is 23.2 Å². The number of nitrogens with zero attached hydrogens (tertiary/aromatic N) is 2. The van der Waals surface area contributed by atoms with E-state index in [-0.39, 0.29) is 0 Å². The Morgan fingerprint density at radius 2 is 1.90 bits per heavy atom. The lowest BCUT2D eigenvalue weighted by atomic mass is 10.2. The molecule has 1 aliphatic rings. The first-order chi connectivity index (χ1) is 10.1. The van der Waals surface area contributed by atoms with Gasteiger partial charge in [-0.05, 0) is 19.2 Å². The summed E-state index contributed by atoms with van der Waals surface area (Å²) >= 11 is 12.3. The van der Waals surface area contributed by atoms with Gasteiger partial charge in [0.25, 0.3) is 0 Å². The second-order valence-corrected chi connectivity index (χ2v) is 6.28. The van der Waals surface area contributed by atoms with Gasteiger partial charge in [-0.15, -0.1) is 0 Å². The number of rotatable bonds is 6. The second-order valence-electron chi connectivity index (χ2n) is 5.46. The van der Waals surface area contributed by atoms with Crippen LogP contribution in [0.1, 0.15) is 5.56 Å². The summed E-state index contributed by atoms with van der Waals surface area (Å²) in [5, 5.41) is 11.5. The summed E-state index contributed by atoms with van der Waals surface area (Å²) in [7, 11) is 1.96. The molecule has 1 atom stereocenters. The molecule has 1 unspecified atom stereocenters. The molecule has 0 bridgehead atoms.